The van der Waals surface area contributed by atoms with Crippen LogP contribution in [0.1, 0.15) is 45.8 Å². The molecule has 0 spiro atoms. The third kappa shape index (κ3) is 3.80. The first-order chi connectivity index (χ1) is 11.1. The number of hydrogen-bond donors (Lipinski definition) is 2. The first-order valence-electron chi connectivity index (χ1n) is 7.96. The van der Waals surface area contributed by atoms with Crippen LogP contribution in [-0.2, 0) is 18.8 Å². The Labute approximate surface area is 142 Å². The van der Waals surface area contributed by atoms with E-state index in [4.69, 9.17) is 9.31 Å². The Morgan fingerprint density at radius 1 is 1.21 bits per heavy atom. The van der Waals surface area contributed by atoms with Crippen molar-refractivity contribution in [2.45, 2.75) is 57.5 Å². The molecule has 6 nitrogen and oxygen atoms in total. The lowest BCUT2D eigenvalue weighted by atomic mass is 9.78. The van der Waals surface area contributed by atoms with Crippen molar-refractivity contribution in [1.29, 1.82) is 0 Å². The van der Waals surface area contributed by atoms with Crippen LogP contribution in [0.3, 0.4) is 0 Å². The maximum Gasteiger partial charge on any atom is 0.494 e. The van der Waals surface area contributed by atoms with Crippen molar-refractivity contribution in [3.8, 4) is 0 Å². The second-order valence-electron chi connectivity index (χ2n) is 7.05. The van der Waals surface area contributed by atoms with Crippen molar-refractivity contribution < 1.29 is 29.1 Å². The summed E-state index contributed by atoms with van der Waals surface area (Å²) < 4.78 is 16.5. The molecule has 1 aliphatic heterocycles. The zero-order valence-corrected chi connectivity index (χ0v) is 14.8. The van der Waals surface area contributed by atoms with Gasteiger partial charge >= 0.3 is 13.1 Å². The standard InChI is InChI=1S/C17H25BO6/c1-16(2)17(3,4)24-18(23-16)12-8-6-7-11(9-12)15(21)13(19)10-14(20)22-5/h6-9,13,15,19,21H,10H2,1-5H3. The monoisotopic (exact) mass is 336 g/mol. The third-order valence-corrected chi connectivity index (χ3v) is 4.75. The topological polar surface area (TPSA) is 85.2 Å². The first-order valence-corrected chi connectivity index (χ1v) is 7.96. The van der Waals surface area contributed by atoms with Crippen LogP contribution in [0.5, 0.6) is 0 Å². The summed E-state index contributed by atoms with van der Waals surface area (Å²) in [4.78, 5) is 11.2. The van der Waals surface area contributed by atoms with Gasteiger partial charge in [-0.1, -0.05) is 24.3 Å². The van der Waals surface area contributed by atoms with Crippen LogP contribution in [0.2, 0.25) is 0 Å². The molecule has 0 radical (unpaired) electrons. The van der Waals surface area contributed by atoms with E-state index in [1.54, 1.807) is 18.2 Å². The minimum atomic E-state index is -1.24. The van der Waals surface area contributed by atoms with Crippen LogP contribution in [0, 0.1) is 0 Å². The fourth-order valence-electron chi connectivity index (χ4n) is 2.46. The molecule has 1 aliphatic rings. The van der Waals surface area contributed by atoms with E-state index in [0.717, 1.165) is 5.46 Å². The molecule has 7 heteroatoms. The molecule has 1 saturated heterocycles. The van der Waals surface area contributed by atoms with Crippen LogP contribution in [0.4, 0.5) is 0 Å². The van der Waals surface area contributed by atoms with E-state index in [9.17, 15) is 15.0 Å². The minimum Gasteiger partial charge on any atom is -0.469 e. The van der Waals surface area contributed by atoms with E-state index in [2.05, 4.69) is 4.74 Å². The van der Waals surface area contributed by atoms with Gasteiger partial charge in [0.15, 0.2) is 0 Å². The van der Waals surface area contributed by atoms with Crippen molar-refractivity contribution >= 4 is 18.6 Å². The number of ether oxygens (including phenoxy) is 1. The van der Waals surface area contributed by atoms with E-state index in [-0.39, 0.29) is 6.42 Å². The number of carbonyl (C=O) groups is 1. The summed E-state index contributed by atoms with van der Waals surface area (Å²) in [6.07, 6.45) is -2.73. The number of aliphatic hydroxyl groups excluding tert-OH is 2. The van der Waals surface area contributed by atoms with Crippen molar-refractivity contribution in [1.82, 2.24) is 0 Å². The predicted octanol–water partition coefficient (Wildman–Crippen LogP) is 0.943. The van der Waals surface area contributed by atoms with E-state index in [1.807, 2.05) is 33.8 Å². The number of hydrogen-bond acceptors (Lipinski definition) is 6. The number of esters is 1. The van der Waals surface area contributed by atoms with Crippen molar-refractivity contribution in [3.05, 3.63) is 29.8 Å². The second kappa shape index (κ2) is 6.84. The summed E-state index contributed by atoms with van der Waals surface area (Å²) in [6, 6.07) is 6.99. The Morgan fingerprint density at radius 3 is 2.33 bits per heavy atom. The summed E-state index contributed by atoms with van der Waals surface area (Å²) in [5.41, 5.74) is 0.307. The lowest BCUT2D eigenvalue weighted by Gasteiger charge is -2.32. The lowest BCUT2D eigenvalue weighted by Crippen LogP contribution is -2.41. The predicted molar refractivity (Wildman–Crippen MR) is 89.8 cm³/mol. The number of carbonyl (C=O) groups excluding carboxylic acids is 1. The van der Waals surface area contributed by atoms with Gasteiger partial charge in [-0.25, -0.2) is 0 Å². The van der Waals surface area contributed by atoms with Gasteiger partial charge in [0, 0.05) is 0 Å². The van der Waals surface area contributed by atoms with Gasteiger partial charge in [-0.05, 0) is 38.7 Å². The molecule has 24 heavy (non-hydrogen) atoms. The summed E-state index contributed by atoms with van der Waals surface area (Å²) in [7, 11) is 0.681. The van der Waals surface area contributed by atoms with Gasteiger partial charge in [0.05, 0.1) is 30.8 Å². The molecule has 132 valence electrons. The van der Waals surface area contributed by atoms with Crippen molar-refractivity contribution in [2.75, 3.05) is 7.11 Å². The normalized spacial score (nSPS) is 21.4. The van der Waals surface area contributed by atoms with Crippen LogP contribution < -0.4 is 5.46 Å². The maximum atomic E-state index is 11.2. The van der Waals surface area contributed by atoms with Gasteiger partial charge in [0.25, 0.3) is 0 Å². The average Bonchev–Trinajstić information content (AvgIpc) is 2.74. The summed E-state index contributed by atoms with van der Waals surface area (Å²) in [6.45, 7) is 7.86. The highest BCUT2D eigenvalue weighted by Gasteiger charge is 2.51. The van der Waals surface area contributed by atoms with Crippen molar-refractivity contribution in [2.24, 2.45) is 0 Å². The van der Waals surface area contributed by atoms with E-state index >= 15 is 0 Å². The molecule has 0 aliphatic carbocycles. The van der Waals surface area contributed by atoms with Crippen LogP contribution in [-0.4, -0.2) is 47.7 Å². The molecule has 2 rings (SSSR count). The van der Waals surface area contributed by atoms with Crippen LogP contribution in [0.25, 0.3) is 0 Å². The maximum absolute atomic E-state index is 11.2. The molecular weight excluding hydrogens is 311 g/mol. The molecule has 2 N–H and O–H groups in total. The van der Waals surface area contributed by atoms with Crippen LogP contribution >= 0.6 is 0 Å². The molecule has 2 atom stereocenters. The lowest BCUT2D eigenvalue weighted by molar-refractivity contribution is -0.144. The van der Waals surface area contributed by atoms with Gasteiger partial charge in [-0.15, -0.1) is 0 Å². The average molecular weight is 336 g/mol. The van der Waals surface area contributed by atoms with Crippen molar-refractivity contribution in [3.63, 3.8) is 0 Å². The Bertz CT molecular complexity index is 584. The summed E-state index contributed by atoms with van der Waals surface area (Å²) in [5, 5.41) is 20.2. The summed E-state index contributed by atoms with van der Waals surface area (Å²) in [5.74, 6) is -0.580. The highest BCUT2D eigenvalue weighted by atomic mass is 16.7. The number of rotatable bonds is 5. The highest BCUT2D eigenvalue weighted by molar-refractivity contribution is 6.62. The van der Waals surface area contributed by atoms with E-state index < -0.39 is 36.5 Å². The molecule has 1 heterocycles. The number of aliphatic hydroxyl groups is 2. The van der Waals surface area contributed by atoms with Gasteiger partial charge in [-0.2, -0.15) is 0 Å². The molecule has 0 bridgehead atoms. The molecule has 1 aromatic rings. The molecule has 0 amide bonds. The SMILES string of the molecule is COC(=O)CC(O)C(O)c1cccc(B2OC(C)(C)C(C)(C)O2)c1. The first kappa shape index (κ1) is 18.9. The molecule has 1 aromatic carbocycles. The third-order valence-electron chi connectivity index (χ3n) is 4.75. The minimum absolute atomic E-state index is 0.279. The fourth-order valence-corrected chi connectivity index (χ4v) is 2.46. The van der Waals surface area contributed by atoms with E-state index in [0.29, 0.717) is 5.56 Å². The van der Waals surface area contributed by atoms with E-state index in [1.165, 1.54) is 7.11 Å². The Balaban J connectivity index is 2.16. The molecule has 0 saturated carbocycles. The Kier molecular flexibility index (Phi) is 5.39. The number of methoxy groups -OCH3 is 1. The smallest absolute Gasteiger partial charge is 0.469 e. The Hall–Kier alpha value is -1.41. The second-order valence-corrected chi connectivity index (χ2v) is 7.05. The molecule has 0 aromatic heterocycles. The fraction of sp³-hybridized carbons (Fsp3) is 0.588. The zero-order chi connectivity index (χ0) is 18.1. The zero-order valence-electron chi connectivity index (χ0n) is 14.8. The van der Waals surface area contributed by atoms with Gasteiger partial charge in [-0.3, -0.25) is 4.79 Å². The quantitative estimate of drug-likeness (QED) is 0.615. The molecular formula is C17H25BO6. The molecule has 2 unspecified atom stereocenters. The highest BCUT2D eigenvalue weighted by Crippen LogP contribution is 2.36. The number of benzene rings is 1. The largest absolute Gasteiger partial charge is 0.494 e. The Morgan fingerprint density at radius 2 is 1.79 bits per heavy atom. The molecule has 1 fully saturated rings. The van der Waals surface area contributed by atoms with Crippen LogP contribution in [0.15, 0.2) is 24.3 Å². The van der Waals surface area contributed by atoms with Gasteiger partial charge < -0.3 is 24.3 Å². The summed E-state index contributed by atoms with van der Waals surface area (Å²) >= 11 is 0. The van der Waals surface area contributed by atoms with Gasteiger partial charge in [0.2, 0.25) is 0 Å². The van der Waals surface area contributed by atoms with Gasteiger partial charge in [0.1, 0.15) is 6.10 Å².